The molecule has 0 aliphatic heterocycles. The molecule has 0 amide bonds. The molecule has 92 valence electrons. The van der Waals surface area contributed by atoms with Crippen LogP contribution in [0.15, 0.2) is 12.4 Å². The van der Waals surface area contributed by atoms with Gasteiger partial charge in [0.2, 0.25) is 5.13 Å². The van der Waals surface area contributed by atoms with E-state index in [1.807, 2.05) is 6.20 Å². The second kappa shape index (κ2) is 5.74. The van der Waals surface area contributed by atoms with Gasteiger partial charge in [0.15, 0.2) is 0 Å². The predicted molar refractivity (Wildman–Crippen MR) is 65.9 cm³/mol. The highest BCUT2D eigenvalue weighted by atomic mass is 32.1. The molecule has 0 radical (unpaired) electrons. The van der Waals surface area contributed by atoms with Crippen LogP contribution >= 0.6 is 11.3 Å². The van der Waals surface area contributed by atoms with Crippen LogP contribution in [0.2, 0.25) is 0 Å². The average Bonchev–Trinajstić information content (AvgIpc) is 2.95. The van der Waals surface area contributed by atoms with Crippen LogP contribution in [0.1, 0.15) is 17.5 Å². The lowest BCUT2D eigenvalue weighted by atomic mass is 10.4. The molecule has 2 aromatic rings. The highest BCUT2D eigenvalue weighted by Gasteiger charge is 2.03. The smallest absolute Gasteiger partial charge is 0.205 e. The van der Waals surface area contributed by atoms with Gasteiger partial charge in [0.1, 0.15) is 5.01 Å². The molecule has 6 nitrogen and oxygen atoms in total. The predicted octanol–water partition coefficient (Wildman–Crippen LogP) is 0.901. The van der Waals surface area contributed by atoms with Crippen LogP contribution in [-0.4, -0.2) is 31.7 Å². The molecule has 0 aliphatic rings. The molecule has 0 unspecified atom stereocenters. The number of aromatic nitrogens is 4. The van der Waals surface area contributed by atoms with Crippen molar-refractivity contribution in [1.82, 2.24) is 20.0 Å². The van der Waals surface area contributed by atoms with E-state index in [-0.39, 0.29) is 6.61 Å². The Balaban J connectivity index is 1.88. The maximum Gasteiger partial charge on any atom is 0.205 e. The van der Waals surface area contributed by atoms with E-state index in [2.05, 4.69) is 27.5 Å². The fourth-order valence-electron chi connectivity index (χ4n) is 1.37. The first-order valence-electron chi connectivity index (χ1n) is 5.50. The van der Waals surface area contributed by atoms with Gasteiger partial charge < -0.3 is 10.4 Å². The van der Waals surface area contributed by atoms with E-state index >= 15 is 0 Å². The van der Waals surface area contributed by atoms with E-state index in [9.17, 15) is 0 Å². The van der Waals surface area contributed by atoms with Crippen molar-refractivity contribution in [3.05, 3.63) is 23.0 Å². The average molecular weight is 253 g/mol. The first kappa shape index (κ1) is 12.0. The van der Waals surface area contributed by atoms with Crippen molar-refractivity contribution in [2.45, 2.75) is 26.4 Å². The monoisotopic (exact) mass is 253 g/mol. The lowest BCUT2D eigenvalue weighted by Crippen LogP contribution is -2.02. The Hall–Kier alpha value is -1.47. The number of aryl methyl sites for hydroxylation is 1. The summed E-state index contributed by atoms with van der Waals surface area (Å²) < 4.78 is 1.72. The highest BCUT2D eigenvalue weighted by molar-refractivity contribution is 7.15. The van der Waals surface area contributed by atoms with E-state index in [4.69, 9.17) is 5.11 Å². The number of rotatable bonds is 6. The molecule has 2 aromatic heterocycles. The molecule has 0 atom stereocenters. The normalized spacial score (nSPS) is 10.7. The molecule has 17 heavy (non-hydrogen) atoms. The third-order valence-electron chi connectivity index (χ3n) is 2.23. The number of hydrogen-bond donors (Lipinski definition) is 2. The molecule has 2 N–H and O–H groups in total. The topological polar surface area (TPSA) is 75.9 Å². The zero-order valence-corrected chi connectivity index (χ0v) is 10.4. The van der Waals surface area contributed by atoms with Gasteiger partial charge in [-0.3, -0.25) is 4.68 Å². The first-order chi connectivity index (χ1) is 8.31. The van der Waals surface area contributed by atoms with E-state index in [1.54, 1.807) is 22.2 Å². The highest BCUT2D eigenvalue weighted by Crippen LogP contribution is 2.16. The summed E-state index contributed by atoms with van der Waals surface area (Å²) >= 11 is 1.57. The molecule has 0 aliphatic carbocycles. The van der Waals surface area contributed by atoms with Gasteiger partial charge in [0.25, 0.3) is 0 Å². The molecule has 7 heteroatoms. The van der Waals surface area contributed by atoms with E-state index in [0.717, 1.165) is 22.1 Å². The Bertz CT molecular complexity index is 467. The van der Waals surface area contributed by atoms with Crippen molar-refractivity contribution in [1.29, 1.82) is 0 Å². The number of nitrogens with zero attached hydrogens (tertiary/aromatic N) is 4. The van der Waals surface area contributed by atoms with Crippen molar-refractivity contribution >= 4 is 16.5 Å². The molecule has 0 fully saturated rings. The standard InChI is InChI=1S/C10H15N5OS/c1-2-9-13-14-10(17-9)11-5-8-6-12-15(7-8)3-4-16/h6-7,16H,2-5H2,1H3,(H,11,14). The Kier molecular flexibility index (Phi) is 4.05. The minimum absolute atomic E-state index is 0.102. The van der Waals surface area contributed by atoms with Gasteiger partial charge in [-0.2, -0.15) is 5.10 Å². The molecule has 2 heterocycles. The molecule has 0 saturated heterocycles. The SMILES string of the molecule is CCc1nnc(NCc2cnn(CCO)c2)s1. The molecular formula is C10H15N5OS. The first-order valence-corrected chi connectivity index (χ1v) is 6.32. The minimum Gasteiger partial charge on any atom is -0.394 e. The number of anilines is 1. The van der Waals surface area contributed by atoms with Crippen molar-refractivity contribution in [3.8, 4) is 0 Å². The van der Waals surface area contributed by atoms with Crippen molar-refractivity contribution < 1.29 is 5.11 Å². The Morgan fingerprint density at radius 3 is 3.06 bits per heavy atom. The van der Waals surface area contributed by atoms with Crippen LogP contribution in [0.3, 0.4) is 0 Å². The number of aliphatic hydroxyl groups is 1. The zero-order chi connectivity index (χ0) is 12.1. The summed E-state index contributed by atoms with van der Waals surface area (Å²) in [5, 5.41) is 26.0. The molecule has 0 aromatic carbocycles. The van der Waals surface area contributed by atoms with Gasteiger partial charge >= 0.3 is 0 Å². The van der Waals surface area contributed by atoms with Gasteiger partial charge in [-0.05, 0) is 6.42 Å². The van der Waals surface area contributed by atoms with E-state index < -0.39 is 0 Å². The van der Waals surface area contributed by atoms with E-state index in [0.29, 0.717) is 13.1 Å². The van der Waals surface area contributed by atoms with Gasteiger partial charge in [0, 0.05) is 18.3 Å². The molecule has 0 saturated carbocycles. The fourth-order valence-corrected chi connectivity index (χ4v) is 2.04. The largest absolute Gasteiger partial charge is 0.394 e. The van der Waals surface area contributed by atoms with Crippen molar-refractivity contribution in [2.75, 3.05) is 11.9 Å². The minimum atomic E-state index is 0.102. The van der Waals surface area contributed by atoms with Gasteiger partial charge in [-0.25, -0.2) is 0 Å². The van der Waals surface area contributed by atoms with Gasteiger partial charge in [-0.15, -0.1) is 10.2 Å². The third-order valence-corrected chi connectivity index (χ3v) is 3.25. The summed E-state index contributed by atoms with van der Waals surface area (Å²) in [7, 11) is 0. The number of aliphatic hydroxyl groups excluding tert-OH is 1. The number of hydrogen-bond acceptors (Lipinski definition) is 6. The maximum atomic E-state index is 8.77. The van der Waals surface area contributed by atoms with Crippen molar-refractivity contribution in [2.24, 2.45) is 0 Å². The third kappa shape index (κ3) is 3.24. The Labute approximate surface area is 103 Å². The molecular weight excluding hydrogens is 238 g/mol. The summed E-state index contributed by atoms with van der Waals surface area (Å²) in [5.41, 5.74) is 1.06. The quantitative estimate of drug-likeness (QED) is 0.800. The van der Waals surface area contributed by atoms with Crippen LogP contribution in [0, 0.1) is 0 Å². The van der Waals surface area contributed by atoms with Crippen molar-refractivity contribution in [3.63, 3.8) is 0 Å². The summed E-state index contributed by atoms with van der Waals surface area (Å²) in [6.45, 7) is 3.36. The van der Waals surface area contributed by atoms with Crippen LogP contribution in [0.4, 0.5) is 5.13 Å². The summed E-state index contributed by atoms with van der Waals surface area (Å²) in [5.74, 6) is 0. The number of nitrogens with one attached hydrogen (secondary N) is 1. The van der Waals surface area contributed by atoms with Crippen LogP contribution < -0.4 is 5.32 Å². The summed E-state index contributed by atoms with van der Waals surface area (Å²) in [6.07, 6.45) is 4.60. The lowest BCUT2D eigenvalue weighted by molar-refractivity contribution is 0.269. The van der Waals surface area contributed by atoms with Gasteiger partial charge in [-0.1, -0.05) is 18.3 Å². The Morgan fingerprint density at radius 2 is 2.35 bits per heavy atom. The van der Waals surface area contributed by atoms with Crippen LogP contribution in [0.5, 0.6) is 0 Å². The second-order valence-corrected chi connectivity index (χ2v) is 4.61. The molecule has 0 bridgehead atoms. The fraction of sp³-hybridized carbons (Fsp3) is 0.500. The molecule has 2 rings (SSSR count). The second-order valence-electron chi connectivity index (χ2n) is 3.54. The summed E-state index contributed by atoms with van der Waals surface area (Å²) in [6, 6.07) is 0. The lowest BCUT2D eigenvalue weighted by Gasteiger charge is -1.98. The maximum absolute atomic E-state index is 8.77. The van der Waals surface area contributed by atoms with Gasteiger partial charge in [0.05, 0.1) is 19.3 Å². The summed E-state index contributed by atoms with van der Waals surface area (Å²) in [4.78, 5) is 0. The van der Waals surface area contributed by atoms with E-state index in [1.165, 1.54) is 0 Å². The molecule has 0 spiro atoms. The van der Waals surface area contributed by atoms with Crippen LogP contribution in [0.25, 0.3) is 0 Å². The van der Waals surface area contributed by atoms with Crippen LogP contribution in [-0.2, 0) is 19.5 Å². The zero-order valence-electron chi connectivity index (χ0n) is 9.63. The Morgan fingerprint density at radius 1 is 1.47 bits per heavy atom.